The fourth-order valence-corrected chi connectivity index (χ4v) is 1.16. The molecular weight excluding hydrogens is 184 g/mol. The van der Waals surface area contributed by atoms with E-state index in [2.05, 4.69) is 0 Å². The number of ether oxygens (including phenoxy) is 1. The summed E-state index contributed by atoms with van der Waals surface area (Å²) in [7, 11) is 1.40. The Balaban J connectivity index is 3.22. The second kappa shape index (κ2) is 4.11. The molecule has 0 radical (unpaired) electrons. The molecule has 0 fully saturated rings. The molecule has 0 saturated carbocycles. The molecule has 0 aliphatic heterocycles. The Bertz CT molecular complexity index is 357. The highest BCUT2D eigenvalue weighted by atomic mass is 16.5. The van der Waals surface area contributed by atoms with Crippen molar-refractivity contribution in [2.75, 3.05) is 13.7 Å². The molecule has 0 aliphatic carbocycles. The maximum Gasteiger partial charge on any atom is 0.188 e. The second-order valence-electron chi connectivity index (χ2n) is 2.93. The standard InChI is InChI=1S/C10H12O4/c1-6-3-7(8(12)5-11)4-9(14-2)10(6)13/h3-4,11,13H,5H2,1-2H3. The van der Waals surface area contributed by atoms with Gasteiger partial charge in [0.1, 0.15) is 6.61 Å². The summed E-state index contributed by atoms with van der Waals surface area (Å²) in [6.45, 7) is 1.11. The normalized spacial score (nSPS) is 9.93. The lowest BCUT2D eigenvalue weighted by molar-refractivity contribution is 0.0903. The SMILES string of the molecule is COc1cc(C(=O)CO)cc(C)c1O. The first kappa shape index (κ1) is 10.5. The zero-order valence-corrected chi connectivity index (χ0v) is 8.07. The highest BCUT2D eigenvalue weighted by Crippen LogP contribution is 2.30. The fraction of sp³-hybridized carbons (Fsp3) is 0.300. The third kappa shape index (κ3) is 1.85. The van der Waals surface area contributed by atoms with Gasteiger partial charge in [0.15, 0.2) is 17.3 Å². The van der Waals surface area contributed by atoms with Crippen molar-refractivity contribution >= 4 is 5.78 Å². The van der Waals surface area contributed by atoms with Crippen molar-refractivity contribution in [1.29, 1.82) is 0 Å². The van der Waals surface area contributed by atoms with Crippen molar-refractivity contribution in [1.82, 2.24) is 0 Å². The van der Waals surface area contributed by atoms with Crippen molar-refractivity contribution in [3.63, 3.8) is 0 Å². The number of Topliss-reactive ketones (excluding diaryl/α,β-unsaturated/α-hetero) is 1. The third-order valence-electron chi connectivity index (χ3n) is 1.95. The van der Waals surface area contributed by atoms with Crippen LogP contribution < -0.4 is 4.74 Å². The minimum Gasteiger partial charge on any atom is -0.504 e. The zero-order chi connectivity index (χ0) is 10.7. The van der Waals surface area contributed by atoms with Crippen molar-refractivity contribution in [2.45, 2.75) is 6.92 Å². The maximum atomic E-state index is 11.2. The van der Waals surface area contributed by atoms with Crippen molar-refractivity contribution in [2.24, 2.45) is 0 Å². The fourth-order valence-electron chi connectivity index (χ4n) is 1.16. The van der Waals surface area contributed by atoms with Gasteiger partial charge in [0.25, 0.3) is 0 Å². The van der Waals surface area contributed by atoms with E-state index in [0.29, 0.717) is 11.1 Å². The summed E-state index contributed by atoms with van der Waals surface area (Å²) in [6.07, 6.45) is 0. The van der Waals surface area contributed by atoms with E-state index in [9.17, 15) is 9.90 Å². The summed E-state index contributed by atoms with van der Waals surface area (Å²) in [6, 6.07) is 2.91. The number of benzene rings is 1. The molecular formula is C10H12O4. The minimum absolute atomic E-state index is 0.0157. The Labute approximate surface area is 81.8 Å². The van der Waals surface area contributed by atoms with E-state index in [-0.39, 0.29) is 11.5 Å². The van der Waals surface area contributed by atoms with Gasteiger partial charge in [-0.1, -0.05) is 0 Å². The second-order valence-corrected chi connectivity index (χ2v) is 2.93. The highest BCUT2D eigenvalue weighted by Gasteiger charge is 2.11. The highest BCUT2D eigenvalue weighted by molar-refractivity contribution is 5.97. The van der Waals surface area contributed by atoms with Gasteiger partial charge in [-0.2, -0.15) is 0 Å². The average Bonchev–Trinajstić information content (AvgIpc) is 2.20. The number of aryl methyl sites for hydroxylation is 1. The molecule has 4 nitrogen and oxygen atoms in total. The Morgan fingerprint density at radius 1 is 1.50 bits per heavy atom. The number of ketones is 1. The number of hydrogen-bond donors (Lipinski definition) is 2. The van der Waals surface area contributed by atoms with Crippen LogP contribution in [0.4, 0.5) is 0 Å². The van der Waals surface area contributed by atoms with Gasteiger partial charge in [0, 0.05) is 5.56 Å². The van der Waals surface area contributed by atoms with Crippen LogP contribution in [0.2, 0.25) is 0 Å². The van der Waals surface area contributed by atoms with Crippen LogP contribution in [0.25, 0.3) is 0 Å². The Morgan fingerprint density at radius 3 is 2.64 bits per heavy atom. The molecule has 0 saturated heterocycles. The number of carbonyl (C=O) groups is 1. The molecule has 0 aromatic heterocycles. The van der Waals surface area contributed by atoms with Crippen molar-refractivity contribution in [3.8, 4) is 11.5 Å². The van der Waals surface area contributed by atoms with Gasteiger partial charge in [-0.15, -0.1) is 0 Å². The molecule has 2 N–H and O–H groups in total. The number of aliphatic hydroxyl groups excluding tert-OH is 1. The van der Waals surface area contributed by atoms with Gasteiger partial charge in [0.2, 0.25) is 0 Å². The zero-order valence-electron chi connectivity index (χ0n) is 8.07. The number of methoxy groups -OCH3 is 1. The lowest BCUT2D eigenvalue weighted by Gasteiger charge is -2.08. The van der Waals surface area contributed by atoms with E-state index in [1.807, 2.05) is 0 Å². The first-order chi connectivity index (χ1) is 6.60. The summed E-state index contributed by atoms with van der Waals surface area (Å²) in [5, 5.41) is 18.1. The summed E-state index contributed by atoms with van der Waals surface area (Å²) < 4.78 is 4.88. The quantitative estimate of drug-likeness (QED) is 0.704. The molecule has 4 heteroatoms. The van der Waals surface area contributed by atoms with E-state index >= 15 is 0 Å². The van der Waals surface area contributed by atoms with Gasteiger partial charge in [0.05, 0.1) is 7.11 Å². The van der Waals surface area contributed by atoms with Crippen molar-refractivity contribution in [3.05, 3.63) is 23.3 Å². The minimum atomic E-state index is -0.548. The smallest absolute Gasteiger partial charge is 0.188 e. The van der Waals surface area contributed by atoms with Crippen LogP contribution in [0.1, 0.15) is 15.9 Å². The predicted octanol–water partition coefficient (Wildman–Crippen LogP) is 0.884. The van der Waals surface area contributed by atoms with Crippen LogP contribution in [-0.2, 0) is 0 Å². The van der Waals surface area contributed by atoms with E-state index < -0.39 is 12.4 Å². The van der Waals surface area contributed by atoms with E-state index in [1.54, 1.807) is 6.92 Å². The summed E-state index contributed by atoms with van der Waals surface area (Å²) >= 11 is 0. The largest absolute Gasteiger partial charge is 0.504 e. The molecule has 1 aromatic carbocycles. The van der Waals surface area contributed by atoms with Crippen molar-refractivity contribution < 1.29 is 19.7 Å². The van der Waals surface area contributed by atoms with E-state index in [1.165, 1.54) is 19.2 Å². The van der Waals surface area contributed by atoms with Crippen LogP contribution in [0.3, 0.4) is 0 Å². The topological polar surface area (TPSA) is 66.8 Å². The van der Waals surface area contributed by atoms with Crippen LogP contribution >= 0.6 is 0 Å². The van der Waals surface area contributed by atoms with Gasteiger partial charge in [-0.25, -0.2) is 0 Å². The van der Waals surface area contributed by atoms with Crippen LogP contribution in [0.5, 0.6) is 11.5 Å². The van der Waals surface area contributed by atoms with Gasteiger partial charge >= 0.3 is 0 Å². The molecule has 0 aliphatic rings. The Kier molecular flexibility index (Phi) is 3.09. The first-order valence-electron chi connectivity index (χ1n) is 4.11. The third-order valence-corrected chi connectivity index (χ3v) is 1.95. The molecule has 0 spiro atoms. The number of aliphatic hydroxyl groups is 1. The molecule has 0 heterocycles. The van der Waals surface area contributed by atoms with Gasteiger partial charge in [-0.05, 0) is 24.6 Å². The lowest BCUT2D eigenvalue weighted by atomic mass is 10.1. The number of rotatable bonds is 3. The molecule has 14 heavy (non-hydrogen) atoms. The molecule has 0 atom stereocenters. The average molecular weight is 196 g/mol. The summed E-state index contributed by atoms with van der Waals surface area (Å²) in [5.74, 6) is -0.143. The first-order valence-corrected chi connectivity index (χ1v) is 4.11. The molecule has 1 aromatic rings. The van der Waals surface area contributed by atoms with Crippen LogP contribution in [0, 0.1) is 6.92 Å². The Hall–Kier alpha value is -1.55. The van der Waals surface area contributed by atoms with Crippen LogP contribution in [-0.4, -0.2) is 29.7 Å². The van der Waals surface area contributed by atoms with E-state index in [0.717, 1.165) is 0 Å². The number of carbonyl (C=O) groups excluding carboxylic acids is 1. The van der Waals surface area contributed by atoms with Crippen LogP contribution in [0.15, 0.2) is 12.1 Å². The number of hydrogen-bond acceptors (Lipinski definition) is 4. The van der Waals surface area contributed by atoms with Gasteiger partial charge in [-0.3, -0.25) is 4.79 Å². The molecule has 0 amide bonds. The molecule has 0 bridgehead atoms. The number of aromatic hydroxyl groups is 1. The Morgan fingerprint density at radius 2 is 2.14 bits per heavy atom. The van der Waals surface area contributed by atoms with Gasteiger partial charge < -0.3 is 14.9 Å². The van der Waals surface area contributed by atoms with E-state index in [4.69, 9.17) is 9.84 Å². The molecule has 1 rings (SSSR count). The lowest BCUT2D eigenvalue weighted by Crippen LogP contribution is -2.05. The number of phenolic OH excluding ortho intramolecular Hbond substituents is 1. The number of phenols is 1. The monoisotopic (exact) mass is 196 g/mol. The molecule has 76 valence electrons. The maximum absolute atomic E-state index is 11.2. The summed E-state index contributed by atoms with van der Waals surface area (Å²) in [4.78, 5) is 11.2. The molecule has 0 unspecified atom stereocenters. The summed E-state index contributed by atoms with van der Waals surface area (Å²) in [5.41, 5.74) is 0.876. The predicted molar refractivity (Wildman–Crippen MR) is 50.8 cm³/mol.